The van der Waals surface area contributed by atoms with Crippen LogP contribution in [0.1, 0.15) is 49.0 Å². The maximum Gasteiger partial charge on any atom is 0.387 e. The summed E-state index contributed by atoms with van der Waals surface area (Å²) in [5.74, 6) is -0.206. The molecule has 38 heavy (non-hydrogen) atoms. The molecule has 10 heteroatoms. The van der Waals surface area contributed by atoms with Gasteiger partial charge in [0.1, 0.15) is 23.1 Å². The average molecular weight is 525 g/mol. The minimum absolute atomic E-state index is 0.0214. The number of aromatic amines is 1. The van der Waals surface area contributed by atoms with E-state index < -0.39 is 18.2 Å². The fourth-order valence-corrected chi connectivity index (χ4v) is 6.37. The van der Waals surface area contributed by atoms with E-state index in [0.717, 1.165) is 25.2 Å². The first-order valence-electron chi connectivity index (χ1n) is 13.0. The summed E-state index contributed by atoms with van der Waals surface area (Å²) in [5.41, 5.74) is 1.62. The van der Waals surface area contributed by atoms with E-state index in [0.29, 0.717) is 35.1 Å². The van der Waals surface area contributed by atoms with Crippen LogP contribution in [0.4, 0.5) is 13.6 Å². The molecule has 0 aliphatic carbocycles. The third-order valence-electron chi connectivity index (χ3n) is 8.10. The van der Waals surface area contributed by atoms with E-state index in [1.807, 2.05) is 6.07 Å². The quantitative estimate of drug-likeness (QED) is 0.440. The van der Waals surface area contributed by atoms with Gasteiger partial charge in [0.15, 0.2) is 0 Å². The highest BCUT2D eigenvalue weighted by atomic mass is 19.3. The lowest BCUT2D eigenvalue weighted by Gasteiger charge is -2.42. The smallest absolute Gasteiger partial charge is 0.387 e. The summed E-state index contributed by atoms with van der Waals surface area (Å²) in [6.07, 6.45) is 3.27. The molecule has 2 aromatic carbocycles. The Balaban J connectivity index is 1.42. The van der Waals surface area contributed by atoms with E-state index in [9.17, 15) is 23.5 Å². The number of urea groups is 1. The van der Waals surface area contributed by atoms with Crippen molar-refractivity contribution in [2.24, 2.45) is 0 Å². The molecule has 6 rings (SSSR count). The number of alkyl halides is 2. The zero-order chi connectivity index (χ0) is 26.6. The summed E-state index contributed by atoms with van der Waals surface area (Å²) in [5, 5.41) is 10.9. The van der Waals surface area contributed by atoms with Gasteiger partial charge >= 0.3 is 12.6 Å². The Bertz CT molecular complexity index is 1400. The van der Waals surface area contributed by atoms with E-state index in [1.165, 1.54) is 23.8 Å². The van der Waals surface area contributed by atoms with Crippen LogP contribution in [-0.2, 0) is 11.2 Å². The Labute approximate surface area is 218 Å². The number of nitrogens with zero attached hydrogens (tertiary/aromatic N) is 3. The van der Waals surface area contributed by atoms with Gasteiger partial charge in [0.05, 0.1) is 0 Å². The SMILES string of the molecule is CC12Cc3c([nH]c4ccc(OC(F)F)cc34)C(c3cccc(O)c3)N1C(=O)N(CCCN1CCCC1)C2=O. The summed E-state index contributed by atoms with van der Waals surface area (Å²) in [6, 6.07) is 10.3. The molecule has 200 valence electrons. The van der Waals surface area contributed by atoms with Crippen LogP contribution in [0.3, 0.4) is 0 Å². The predicted molar refractivity (Wildman–Crippen MR) is 136 cm³/mol. The van der Waals surface area contributed by atoms with Crippen LogP contribution in [-0.4, -0.2) is 75.1 Å². The number of rotatable bonds is 7. The van der Waals surface area contributed by atoms with Crippen LogP contribution in [0.5, 0.6) is 11.5 Å². The summed E-state index contributed by atoms with van der Waals surface area (Å²) in [6.45, 7) is 2.06. The van der Waals surface area contributed by atoms with Crippen molar-refractivity contribution in [3.05, 3.63) is 59.3 Å². The summed E-state index contributed by atoms with van der Waals surface area (Å²) < 4.78 is 30.5. The van der Waals surface area contributed by atoms with Crippen molar-refractivity contribution in [1.29, 1.82) is 0 Å². The fraction of sp³-hybridized carbons (Fsp3) is 0.429. The van der Waals surface area contributed by atoms with Gasteiger partial charge in [0.25, 0.3) is 5.91 Å². The third kappa shape index (κ3) is 3.98. The molecule has 3 amide bonds. The average Bonchev–Trinajstić information content (AvgIpc) is 3.56. The molecule has 2 unspecified atom stereocenters. The third-order valence-corrected chi connectivity index (χ3v) is 8.10. The normalized spacial score (nSPS) is 23.5. The van der Waals surface area contributed by atoms with E-state index in [-0.39, 0.29) is 29.9 Å². The van der Waals surface area contributed by atoms with Gasteiger partial charge in [-0.3, -0.25) is 14.6 Å². The number of hydrogen-bond donors (Lipinski definition) is 2. The molecule has 0 bridgehead atoms. The molecule has 4 heterocycles. The van der Waals surface area contributed by atoms with Crippen molar-refractivity contribution in [3.63, 3.8) is 0 Å². The van der Waals surface area contributed by atoms with Gasteiger partial charge in [0.2, 0.25) is 0 Å². The number of phenolic OH excluding ortho intramolecular Hbond substituents is 1. The second-order valence-corrected chi connectivity index (χ2v) is 10.6. The summed E-state index contributed by atoms with van der Waals surface area (Å²) >= 11 is 0. The number of ether oxygens (including phenoxy) is 1. The van der Waals surface area contributed by atoms with Crippen LogP contribution in [0.25, 0.3) is 10.9 Å². The molecular weight excluding hydrogens is 494 g/mol. The van der Waals surface area contributed by atoms with Crippen LogP contribution in [0.2, 0.25) is 0 Å². The first kappa shape index (κ1) is 24.7. The van der Waals surface area contributed by atoms with Gasteiger partial charge in [-0.2, -0.15) is 8.78 Å². The van der Waals surface area contributed by atoms with E-state index in [2.05, 4.69) is 14.6 Å². The number of H-pyrrole nitrogens is 1. The molecule has 0 radical (unpaired) electrons. The maximum absolute atomic E-state index is 13.9. The number of aromatic nitrogens is 1. The number of halogens is 2. The second kappa shape index (κ2) is 9.27. The number of hydrogen-bond acceptors (Lipinski definition) is 5. The number of fused-ring (bicyclic) bond motifs is 4. The Morgan fingerprint density at radius 2 is 1.92 bits per heavy atom. The van der Waals surface area contributed by atoms with Crippen molar-refractivity contribution < 1.29 is 28.2 Å². The number of amides is 3. The minimum Gasteiger partial charge on any atom is -0.508 e. The lowest BCUT2D eigenvalue weighted by molar-refractivity contribution is -0.133. The first-order chi connectivity index (χ1) is 18.3. The lowest BCUT2D eigenvalue weighted by atomic mass is 9.81. The monoisotopic (exact) mass is 524 g/mol. The molecule has 2 saturated heterocycles. The number of aromatic hydroxyl groups is 1. The molecule has 3 aliphatic heterocycles. The van der Waals surface area contributed by atoms with Gasteiger partial charge in [0, 0.05) is 29.6 Å². The molecule has 1 aromatic heterocycles. The number of nitrogens with one attached hydrogen (secondary N) is 1. The van der Waals surface area contributed by atoms with Crippen molar-refractivity contribution in [2.45, 2.75) is 50.8 Å². The highest BCUT2D eigenvalue weighted by Gasteiger charge is 2.60. The molecular formula is C28H30F2N4O4. The van der Waals surface area contributed by atoms with Gasteiger partial charge in [-0.15, -0.1) is 0 Å². The number of carbonyl (C=O) groups is 2. The topological polar surface area (TPSA) is 89.1 Å². The zero-order valence-electron chi connectivity index (χ0n) is 21.1. The van der Waals surface area contributed by atoms with Gasteiger partial charge in [-0.1, -0.05) is 12.1 Å². The zero-order valence-corrected chi connectivity index (χ0v) is 21.1. The highest BCUT2D eigenvalue weighted by molar-refractivity contribution is 6.08. The van der Waals surface area contributed by atoms with E-state index in [4.69, 9.17) is 0 Å². The van der Waals surface area contributed by atoms with Crippen molar-refractivity contribution in [1.82, 2.24) is 19.7 Å². The number of benzene rings is 2. The first-order valence-corrected chi connectivity index (χ1v) is 13.0. The Morgan fingerprint density at radius 3 is 2.66 bits per heavy atom. The van der Waals surface area contributed by atoms with Gasteiger partial charge in [-0.05, 0) is 87.3 Å². The Kier molecular flexibility index (Phi) is 6.02. The highest BCUT2D eigenvalue weighted by Crippen LogP contribution is 2.49. The summed E-state index contributed by atoms with van der Waals surface area (Å²) in [7, 11) is 0. The van der Waals surface area contributed by atoms with Crippen molar-refractivity contribution >= 4 is 22.8 Å². The van der Waals surface area contributed by atoms with Crippen molar-refractivity contribution in [3.8, 4) is 11.5 Å². The fourth-order valence-electron chi connectivity index (χ4n) is 6.37. The molecule has 2 atom stereocenters. The molecule has 3 aliphatic rings. The van der Waals surface area contributed by atoms with Crippen LogP contribution in [0, 0.1) is 0 Å². The molecule has 0 spiro atoms. The number of phenols is 1. The predicted octanol–water partition coefficient (Wildman–Crippen LogP) is 4.63. The van der Waals surface area contributed by atoms with Crippen molar-refractivity contribution in [2.75, 3.05) is 26.2 Å². The van der Waals surface area contributed by atoms with Crippen LogP contribution >= 0.6 is 0 Å². The van der Waals surface area contributed by atoms with Crippen LogP contribution in [0.15, 0.2) is 42.5 Å². The minimum atomic E-state index is -2.96. The van der Waals surface area contributed by atoms with E-state index in [1.54, 1.807) is 42.2 Å². The number of imide groups is 1. The van der Waals surface area contributed by atoms with Crippen LogP contribution < -0.4 is 4.74 Å². The Morgan fingerprint density at radius 1 is 1.13 bits per heavy atom. The maximum atomic E-state index is 13.9. The second-order valence-electron chi connectivity index (χ2n) is 10.6. The number of carbonyl (C=O) groups excluding carboxylic acids is 2. The molecule has 0 saturated carbocycles. The van der Waals surface area contributed by atoms with E-state index >= 15 is 0 Å². The number of likely N-dealkylation sites (tertiary alicyclic amines) is 1. The molecule has 3 aromatic rings. The Hall–Kier alpha value is -3.66. The van der Waals surface area contributed by atoms with Gasteiger partial charge in [-0.25, -0.2) is 4.79 Å². The molecule has 2 fully saturated rings. The largest absolute Gasteiger partial charge is 0.508 e. The molecule has 8 nitrogen and oxygen atoms in total. The van der Waals surface area contributed by atoms with Gasteiger partial charge < -0.3 is 19.7 Å². The molecule has 2 N–H and O–H groups in total. The standard InChI is InChI=1S/C28H30F2N4O4/c1-28-16-21-20-15-19(38-26(29)30)8-9-22(20)31-23(21)24(17-6-4-7-18(35)14-17)34(28)27(37)33(25(28)36)13-5-12-32-10-2-3-11-32/h4,6-9,14-15,24,26,31,35H,2-3,5,10-13,16H2,1H3. The summed E-state index contributed by atoms with van der Waals surface area (Å²) in [4.78, 5) is 36.5. The lowest BCUT2D eigenvalue weighted by Crippen LogP contribution is -2.53.